The zero-order chi connectivity index (χ0) is 18.7. The maximum Gasteiger partial charge on any atom is 0.120 e. The van der Waals surface area contributed by atoms with Gasteiger partial charge >= 0.3 is 0 Å². The molecule has 0 bridgehead atoms. The summed E-state index contributed by atoms with van der Waals surface area (Å²) in [5, 5.41) is 3.54. The van der Waals surface area contributed by atoms with Crippen molar-refractivity contribution in [1.82, 2.24) is 5.32 Å². The number of nitrogens with one attached hydrogen (secondary N) is 1. The Morgan fingerprint density at radius 1 is 0.815 bits per heavy atom. The summed E-state index contributed by atoms with van der Waals surface area (Å²) in [5.41, 5.74) is 2.43. The number of aryl methyl sites for hydroxylation is 1. The van der Waals surface area contributed by atoms with E-state index in [0.717, 1.165) is 24.7 Å². The van der Waals surface area contributed by atoms with E-state index in [1.165, 1.54) is 36.8 Å². The second-order valence-electron chi connectivity index (χ2n) is 7.14. The first kappa shape index (κ1) is 19.7. The lowest BCUT2D eigenvalue weighted by Crippen LogP contribution is -2.29. The summed E-state index contributed by atoms with van der Waals surface area (Å²) in [7, 11) is 0. The van der Waals surface area contributed by atoms with E-state index in [1.54, 1.807) is 0 Å². The number of ether oxygens (including phenoxy) is 3. The van der Waals surface area contributed by atoms with Gasteiger partial charge in [-0.1, -0.05) is 42.7 Å². The molecule has 0 saturated heterocycles. The van der Waals surface area contributed by atoms with Crippen molar-refractivity contribution in [1.29, 1.82) is 0 Å². The Labute approximate surface area is 162 Å². The standard InChI is InChI=1S/C23H31NO3/c1-19-6-8-20(9-7-19)18-27-23-12-10-22(11-13-23)26-17-16-25-15-14-24-21-4-2-3-5-21/h6-13,21,24H,2-5,14-18H2,1H3. The summed E-state index contributed by atoms with van der Waals surface area (Å²) in [6.07, 6.45) is 5.35. The molecule has 0 unspecified atom stereocenters. The molecule has 4 heteroatoms. The lowest BCUT2D eigenvalue weighted by Gasteiger charge is -2.12. The molecule has 146 valence electrons. The molecule has 0 radical (unpaired) electrons. The van der Waals surface area contributed by atoms with Gasteiger partial charge in [0.05, 0.1) is 13.2 Å². The average molecular weight is 370 g/mol. The molecule has 0 heterocycles. The van der Waals surface area contributed by atoms with Crippen LogP contribution in [0.1, 0.15) is 36.8 Å². The monoisotopic (exact) mass is 369 g/mol. The van der Waals surface area contributed by atoms with Gasteiger partial charge in [-0.3, -0.25) is 0 Å². The van der Waals surface area contributed by atoms with Crippen molar-refractivity contribution < 1.29 is 14.2 Å². The molecular weight excluding hydrogens is 338 g/mol. The fourth-order valence-corrected chi connectivity index (χ4v) is 3.27. The molecule has 1 N–H and O–H groups in total. The molecule has 2 aromatic rings. The summed E-state index contributed by atoms with van der Waals surface area (Å²) in [6.45, 7) is 5.50. The predicted molar refractivity (Wildman–Crippen MR) is 109 cm³/mol. The predicted octanol–water partition coefficient (Wildman–Crippen LogP) is 4.50. The summed E-state index contributed by atoms with van der Waals surface area (Å²) in [4.78, 5) is 0. The fourth-order valence-electron chi connectivity index (χ4n) is 3.27. The van der Waals surface area contributed by atoms with E-state index < -0.39 is 0 Å². The van der Waals surface area contributed by atoms with Crippen LogP contribution in [0.3, 0.4) is 0 Å². The van der Waals surface area contributed by atoms with Crippen LogP contribution in [-0.4, -0.2) is 32.4 Å². The van der Waals surface area contributed by atoms with Crippen LogP contribution in [0, 0.1) is 6.92 Å². The largest absolute Gasteiger partial charge is 0.491 e. The molecule has 0 aromatic heterocycles. The van der Waals surface area contributed by atoms with Gasteiger partial charge in [0.2, 0.25) is 0 Å². The van der Waals surface area contributed by atoms with Gasteiger partial charge < -0.3 is 19.5 Å². The van der Waals surface area contributed by atoms with Gasteiger partial charge in [0, 0.05) is 12.6 Å². The minimum absolute atomic E-state index is 0.562. The van der Waals surface area contributed by atoms with Crippen molar-refractivity contribution in [3.63, 3.8) is 0 Å². The van der Waals surface area contributed by atoms with E-state index in [1.807, 2.05) is 24.3 Å². The van der Waals surface area contributed by atoms with Crippen LogP contribution in [0.15, 0.2) is 48.5 Å². The Hall–Kier alpha value is -2.04. The summed E-state index contributed by atoms with van der Waals surface area (Å²) in [5.74, 6) is 1.68. The van der Waals surface area contributed by atoms with Crippen molar-refractivity contribution in [2.24, 2.45) is 0 Å². The number of hydrogen-bond acceptors (Lipinski definition) is 4. The maximum absolute atomic E-state index is 5.81. The van der Waals surface area contributed by atoms with Crippen LogP contribution < -0.4 is 14.8 Å². The highest BCUT2D eigenvalue weighted by Gasteiger charge is 2.13. The second kappa shape index (κ2) is 11.0. The highest BCUT2D eigenvalue weighted by molar-refractivity contribution is 5.31. The zero-order valence-electron chi connectivity index (χ0n) is 16.3. The van der Waals surface area contributed by atoms with Gasteiger partial charge in [0.15, 0.2) is 0 Å². The van der Waals surface area contributed by atoms with Gasteiger partial charge in [-0.25, -0.2) is 0 Å². The van der Waals surface area contributed by atoms with E-state index in [4.69, 9.17) is 14.2 Å². The van der Waals surface area contributed by atoms with Crippen LogP contribution in [0.2, 0.25) is 0 Å². The zero-order valence-corrected chi connectivity index (χ0v) is 16.3. The van der Waals surface area contributed by atoms with Gasteiger partial charge in [-0.2, -0.15) is 0 Å². The van der Waals surface area contributed by atoms with Crippen LogP contribution in [0.4, 0.5) is 0 Å². The van der Waals surface area contributed by atoms with E-state index in [2.05, 4.69) is 36.5 Å². The Kier molecular flexibility index (Phi) is 8.00. The first-order chi connectivity index (χ1) is 13.3. The van der Waals surface area contributed by atoms with Crippen LogP contribution in [0.25, 0.3) is 0 Å². The third-order valence-electron chi connectivity index (χ3n) is 4.88. The molecule has 1 aliphatic rings. The van der Waals surface area contributed by atoms with E-state index in [9.17, 15) is 0 Å². The molecule has 3 rings (SSSR count). The first-order valence-corrected chi connectivity index (χ1v) is 10.0. The molecule has 1 saturated carbocycles. The number of hydrogen-bond donors (Lipinski definition) is 1. The van der Waals surface area contributed by atoms with E-state index >= 15 is 0 Å². The average Bonchev–Trinajstić information content (AvgIpc) is 3.21. The van der Waals surface area contributed by atoms with Crippen molar-refractivity contribution >= 4 is 0 Å². The molecule has 0 aliphatic heterocycles. The molecule has 0 atom stereocenters. The Morgan fingerprint density at radius 3 is 2.19 bits per heavy atom. The van der Waals surface area contributed by atoms with Crippen molar-refractivity contribution in [2.45, 2.75) is 45.3 Å². The highest BCUT2D eigenvalue weighted by atomic mass is 16.5. The molecule has 0 amide bonds. The van der Waals surface area contributed by atoms with Gasteiger partial charge in [0.25, 0.3) is 0 Å². The molecule has 0 spiro atoms. The summed E-state index contributed by atoms with van der Waals surface area (Å²) < 4.78 is 17.2. The molecule has 1 aliphatic carbocycles. The van der Waals surface area contributed by atoms with Crippen molar-refractivity contribution in [3.8, 4) is 11.5 Å². The normalized spacial score (nSPS) is 14.4. The molecule has 2 aromatic carbocycles. The van der Waals surface area contributed by atoms with Crippen molar-refractivity contribution in [3.05, 3.63) is 59.7 Å². The molecule has 27 heavy (non-hydrogen) atoms. The lowest BCUT2D eigenvalue weighted by atomic mass is 10.2. The van der Waals surface area contributed by atoms with Crippen LogP contribution >= 0.6 is 0 Å². The Balaban J connectivity index is 1.25. The van der Waals surface area contributed by atoms with Crippen LogP contribution in [-0.2, 0) is 11.3 Å². The second-order valence-corrected chi connectivity index (χ2v) is 7.14. The maximum atomic E-state index is 5.81. The SMILES string of the molecule is Cc1ccc(COc2ccc(OCCOCCNC3CCCC3)cc2)cc1. The fraction of sp³-hybridized carbons (Fsp3) is 0.478. The third kappa shape index (κ3) is 7.24. The Bertz CT molecular complexity index is 648. The van der Waals surface area contributed by atoms with E-state index in [0.29, 0.717) is 25.9 Å². The number of benzene rings is 2. The first-order valence-electron chi connectivity index (χ1n) is 10.0. The smallest absolute Gasteiger partial charge is 0.120 e. The lowest BCUT2D eigenvalue weighted by molar-refractivity contribution is 0.100. The number of rotatable bonds is 11. The van der Waals surface area contributed by atoms with E-state index in [-0.39, 0.29) is 0 Å². The topological polar surface area (TPSA) is 39.7 Å². The molecule has 1 fully saturated rings. The minimum Gasteiger partial charge on any atom is -0.491 e. The highest BCUT2D eigenvalue weighted by Crippen LogP contribution is 2.19. The molecular formula is C23H31NO3. The third-order valence-corrected chi connectivity index (χ3v) is 4.88. The van der Waals surface area contributed by atoms with Gasteiger partial charge in [0.1, 0.15) is 24.7 Å². The Morgan fingerprint density at radius 2 is 1.48 bits per heavy atom. The minimum atomic E-state index is 0.562. The summed E-state index contributed by atoms with van der Waals surface area (Å²) >= 11 is 0. The van der Waals surface area contributed by atoms with Crippen LogP contribution in [0.5, 0.6) is 11.5 Å². The van der Waals surface area contributed by atoms with Crippen molar-refractivity contribution in [2.75, 3.05) is 26.4 Å². The molecule has 4 nitrogen and oxygen atoms in total. The van der Waals surface area contributed by atoms with Gasteiger partial charge in [-0.05, 0) is 49.6 Å². The quantitative estimate of drug-likeness (QED) is 0.592. The summed E-state index contributed by atoms with van der Waals surface area (Å²) in [6, 6.07) is 16.8. The van der Waals surface area contributed by atoms with Gasteiger partial charge in [-0.15, -0.1) is 0 Å².